The number of pyridine rings is 1. The molecule has 0 aromatic carbocycles. The van der Waals surface area contributed by atoms with E-state index in [4.69, 9.17) is 0 Å². The highest BCUT2D eigenvalue weighted by atomic mass is 16.3. The van der Waals surface area contributed by atoms with Crippen LogP contribution in [0, 0.1) is 5.92 Å². The van der Waals surface area contributed by atoms with Crippen LogP contribution in [0.25, 0.3) is 0 Å². The fourth-order valence-electron chi connectivity index (χ4n) is 4.10. The average Bonchev–Trinajstić information content (AvgIpc) is 3.25. The molecule has 2 heterocycles. The van der Waals surface area contributed by atoms with Crippen molar-refractivity contribution in [2.75, 3.05) is 0 Å². The molecule has 0 radical (unpaired) electrons. The van der Waals surface area contributed by atoms with Crippen LogP contribution >= 0.6 is 0 Å². The van der Waals surface area contributed by atoms with Crippen LogP contribution in [0.5, 0.6) is 0 Å². The molecule has 2 aromatic rings. The number of carbonyl (C=O) groups excluding carboxylic acids is 1. The number of aliphatic hydroxyl groups excluding tert-OH is 1. The van der Waals surface area contributed by atoms with E-state index in [1.165, 1.54) is 24.0 Å². The summed E-state index contributed by atoms with van der Waals surface area (Å²) in [7, 11) is 0. The van der Waals surface area contributed by atoms with E-state index in [-0.39, 0.29) is 11.9 Å². The van der Waals surface area contributed by atoms with E-state index < -0.39 is 6.10 Å². The Morgan fingerprint density at radius 3 is 2.92 bits per heavy atom. The SMILES string of the molecule is O=C(N[C@@H]1CC(Cn2ccnc2)C[C@H]1O)c1cc2c(cn1)CCCC2. The monoisotopic (exact) mass is 340 g/mol. The number of hydrogen-bond donors (Lipinski definition) is 2. The largest absolute Gasteiger partial charge is 0.391 e. The molecular weight excluding hydrogens is 316 g/mol. The number of amides is 1. The molecule has 2 aliphatic rings. The maximum absolute atomic E-state index is 12.6. The molecule has 6 heteroatoms. The first kappa shape index (κ1) is 16.3. The van der Waals surface area contributed by atoms with Crippen molar-refractivity contribution in [3.05, 3.63) is 47.8 Å². The van der Waals surface area contributed by atoms with Gasteiger partial charge < -0.3 is 15.0 Å². The molecule has 1 saturated carbocycles. The van der Waals surface area contributed by atoms with Gasteiger partial charge in [0.15, 0.2) is 0 Å². The number of imidazole rings is 1. The molecule has 2 aromatic heterocycles. The van der Waals surface area contributed by atoms with Gasteiger partial charge >= 0.3 is 0 Å². The third-order valence-corrected chi connectivity index (χ3v) is 5.43. The van der Waals surface area contributed by atoms with Gasteiger partial charge in [0.1, 0.15) is 5.69 Å². The van der Waals surface area contributed by atoms with Gasteiger partial charge in [-0.25, -0.2) is 4.98 Å². The molecule has 3 atom stereocenters. The zero-order chi connectivity index (χ0) is 17.2. The first-order valence-electron chi connectivity index (χ1n) is 9.11. The predicted octanol–water partition coefficient (Wildman–Crippen LogP) is 1.73. The molecule has 0 saturated heterocycles. The lowest BCUT2D eigenvalue weighted by Gasteiger charge is -2.18. The predicted molar refractivity (Wildman–Crippen MR) is 93.1 cm³/mol. The number of rotatable bonds is 4. The van der Waals surface area contributed by atoms with E-state index >= 15 is 0 Å². The maximum atomic E-state index is 12.6. The van der Waals surface area contributed by atoms with Gasteiger partial charge in [-0.05, 0) is 61.6 Å². The normalized spacial score (nSPS) is 25.6. The minimum Gasteiger partial charge on any atom is -0.391 e. The van der Waals surface area contributed by atoms with E-state index in [0.29, 0.717) is 18.0 Å². The molecule has 1 unspecified atom stereocenters. The Kier molecular flexibility index (Phi) is 4.53. The van der Waals surface area contributed by atoms with E-state index in [0.717, 1.165) is 25.8 Å². The van der Waals surface area contributed by atoms with Crippen LogP contribution in [0.1, 0.15) is 47.3 Å². The summed E-state index contributed by atoms with van der Waals surface area (Å²) in [5.41, 5.74) is 2.98. The molecule has 1 amide bonds. The van der Waals surface area contributed by atoms with Crippen LogP contribution in [0.4, 0.5) is 0 Å². The Morgan fingerprint density at radius 2 is 2.12 bits per heavy atom. The molecule has 132 valence electrons. The highest BCUT2D eigenvalue weighted by molar-refractivity contribution is 5.92. The molecule has 2 aliphatic carbocycles. The minimum atomic E-state index is -0.505. The molecule has 25 heavy (non-hydrogen) atoms. The van der Waals surface area contributed by atoms with E-state index in [1.807, 2.05) is 23.0 Å². The van der Waals surface area contributed by atoms with Crippen LogP contribution < -0.4 is 5.32 Å². The standard InChI is InChI=1S/C19H24N4O2/c24-18-8-13(11-23-6-5-20-12-23)7-16(18)22-19(25)17-9-14-3-1-2-4-15(14)10-21-17/h5-6,9-10,12-13,16,18,24H,1-4,7-8,11H2,(H,22,25)/t13?,16-,18-/m1/s1. The maximum Gasteiger partial charge on any atom is 0.270 e. The summed E-state index contributed by atoms with van der Waals surface area (Å²) >= 11 is 0. The summed E-state index contributed by atoms with van der Waals surface area (Å²) in [4.78, 5) is 20.9. The van der Waals surface area contributed by atoms with Crippen molar-refractivity contribution >= 4 is 5.91 Å². The minimum absolute atomic E-state index is 0.180. The summed E-state index contributed by atoms with van der Waals surface area (Å²) in [6.45, 7) is 0.820. The molecule has 0 spiro atoms. The van der Waals surface area contributed by atoms with Crippen molar-refractivity contribution in [1.29, 1.82) is 0 Å². The molecule has 0 aliphatic heterocycles. The fourth-order valence-corrected chi connectivity index (χ4v) is 4.10. The summed E-state index contributed by atoms with van der Waals surface area (Å²) < 4.78 is 2.02. The number of nitrogens with one attached hydrogen (secondary N) is 1. The summed E-state index contributed by atoms with van der Waals surface area (Å²) in [6.07, 6.45) is 12.7. The molecule has 1 fully saturated rings. The highest BCUT2D eigenvalue weighted by Crippen LogP contribution is 2.28. The van der Waals surface area contributed by atoms with Crippen LogP contribution in [0.3, 0.4) is 0 Å². The van der Waals surface area contributed by atoms with Gasteiger partial charge in [0, 0.05) is 25.1 Å². The summed E-state index contributed by atoms with van der Waals surface area (Å²) in [6, 6.07) is 1.72. The topological polar surface area (TPSA) is 80.0 Å². The van der Waals surface area contributed by atoms with Crippen LogP contribution in [0.2, 0.25) is 0 Å². The zero-order valence-corrected chi connectivity index (χ0v) is 14.3. The second kappa shape index (κ2) is 6.96. The first-order chi connectivity index (χ1) is 12.2. The average molecular weight is 340 g/mol. The number of fused-ring (bicyclic) bond motifs is 1. The summed E-state index contributed by atoms with van der Waals surface area (Å²) in [5.74, 6) is 0.159. The Balaban J connectivity index is 1.39. The van der Waals surface area contributed by atoms with Crippen molar-refractivity contribution in [2.24, 2.45) is 5.92 Å². The number of nitrogens with zero attached hydrogens (tertiary/aromatic N) is 3. The summed E-state index contributed by atoms with van der Waals surface area (Å²) in [5, 5.41) is 13.3. The van der Waals surface area contributed by atoms with E-state index in [9.17, 15) is 9.90 Å². The van der Waals surface area contributed by atoms with Crippen molar-refractivity contribution in [3.63, 3.8) is 0 Å². The third-order valence-electron chi connectivity index (χ3n) is 5.43. The number of aromatic nitrogens is 3. The Bertz CT molecular complexity index is 744. The van der Waals surface area contributed by atoms with Gasteiger partial charge in [0.2, 0.25) is 0 Å². The molecule has 2 N–H and O–H groups in total. The number of aliphatic hydroxyl groups is 1. The van der Waals surface area contributed by atoms with Crippen molar-refractivity contribution in [2.45, 2.75) is 57.2 Å². The van der Waals surface area contributed by atoms with Gasteiger partial charge in [-0.15, -0.1) is 0 Å². The Hall–Kier alpha value is -2.21. The lowest BCUT2D eigenvalue weighted by atomic mass is 9.93. The van der Waals surface area contributed by atoms with Crippen molar-refractivity contribution in [3.8, 4) is 0 Å². The number of carbonyl (C=O) groups is 1. The van der Waals surface area contributed by atoms with Gasteiger partial charge in [-0.1, -0.05) is 0 Å². The number of hydrogen-bond acceptors (Lipinski definition) is 4. The molecular formula is C19H24N4O2. The fraction of sp³-hybridized carbons (Fsp3) is 0.526. The van der Waals surface area contributed by atoms with E-state index in [2.05, 4.69) is 15.3 Å². The lowest BCUT2D eigenvalue weighted by molar-refractivity contribution is 0.0868. The van der Waals surface area contributed by atoms with Crippen LogP contribution in [0.15, 0.2) is 31.0 Å². The van der Waals surface area contributed by atoms with Crippen molar-refractivity contribution in [1.82, 2.24) is 19.9 Å². The Labute approximate surface area is 147 Å². The second-order valence-electron chi connectivity index (χ2n) is 7.29. The highest BCUT2D eigenvalue weighted by Gasteiger charge is 2.34. The Morgan fingerprint density at radius 1 is 1.28 bits per heavy atom. The van der Waals surface area contributed by atoms with Crippen LogP contribution in [-0.2, 0) is 19.4 Å². The van der Waals surface area contributed by atoms with Crippen LogP contribution in [-0.4, -0.2) is 37.7 Å². The smallest absolute Gasteiger partial charge is 0.270 e. The first-order valence-corrected chi connectivity index (χ1v) is 9.11. The molecule has 4 rings (SSSR count). The molecule has 0 bridgehead atoms. The van der Waals surface area contributed by atoms with Gasteiger partial charge in [-0.3, -0.25) is 9.78 Å². The molecule has 6 nitrogen and oxygen atoms in total. The van der Waals surface area contributed by atoms with Gasteiger partial charge in [0.05, 0.1) is 18.5 Å². The zero-order valence-electron chi connectivity index (χ0n) is 14.3. The quantitative estimate of drug-likeness (QED) is 0.888. The van der Waals surface area contributed by atoms with Crippen molar-refractivity contribution < 1.29 is 9.90 Å². The third kappa shape index (κ3) is 3.58. The second-order valence-corrected chi connectivity index (χ2v) is 7.29. The van der Waals surface area contributed by atoms with E-state index in [1.54, 1.807) is 12.5 Å². The number of aryl methyl sites for hydroxylation is 2. The lowest BCUT2D eigenvalue weighted by Crippen LogP contribution is -2.40. The van der Waals surface area contributed by atoms with Gasteiger partial charge in [-0.2, -0.15) is 0 Å². The van der Waals surface area contributed by atoms with Gasteiger partial charge in [0.25, 0.3) is 5.91 Å².